The zero-order valence-electron chi connectivity index (χ0n) is 22.9. The number of aromatic amines is 1. The summed E-state index contributed by atoms with van der Waals surface area (Å²) in [5.41, 5.74) is 4.78. The smallest absolute Gasteiger partial charge is 0.332 e. The molecule has 1 aliphatic carbocycles. The van der Waals surface area contributed by atoms with Crippen molar-refractivity contribution < 1.29 is 19.1 Å². The highest BCUT2D eigenvalue weighted by molar-refractivity contribution is 6.22. The van der Waals surface area contributed by atoms with Crippen LogP contribution in [0.4, 0.5) is 10.5 Å². The number of anilines is 1. The first-order valence-electron chi connectivity index (χ1n) is 14.3. The molecule has 4 aromatic rings. The van der Waals surface area contributed by atoms with Crippen LogP contribution < -0.4 is 15.0 Å². The van der Waals surface area contributed by atoms with Gasteiger partial charge in [0.05, 0.1) is 12.8 Å². The molecular weight excluding hydrogens is 516 g/mol. The summed E-state index contributed by atoms with van der Waals surface area (Å²) < 4.78 is 5.50. The molecule has 208 valence electrons. The van der Waals surface area contributed by atoms with Gasteiger partial charge in [0, 0.05) is 34.6 Å². The summed E-state index contributed by atoms with van der Waals surface area (Å²) >= 11 is 0. The van der Waals surface area contributed by atoms with Crippen LogP contribution in [-0.4, -0.2) is 46.9 Å². The van der Waals surface area contributed by atoms with Gasteiger partial charge in [-0.1, -0.05) is 49.6 Å². The van der Waals surface area contributed by atoms with Gasteiger partial charge < -0.3 is 15.0 Å². The van der Waals surface area contributed by atoms with Crippen LogP contribution in [0.1, 0.15) is 65.3 Å². The van der Waals surface area contributed by atoms with E-state index in [2.05, 4.69) is 16.4 Å². The number of ether oxygens (including phenoxy) is 1. The number of urea groups is 1. The third kappa shape index (κ3) is 4.25. The van der Waals surface area contributed by atoms with Crippen molar-refractivity contribution in [2.45, 2.75) is 56.7 Å². The number of amides is 4. The minimum Gasteiger partial charge on any atom is -0.497 e. The molecule has 0 bridgehead atoms. The SMILES string of the molecule is COc1cccc(C2c3[nH]c4ccccc4c3C[C@H]3C(=O)N(c4ccc(C(=O)NC5CCCCC5)cc4)C(=O)N23)c1. The third-order valence-corrected chi connectivity index (χ3v) is 8.79. The topological polar surface area (TPSA) is 94.7 Å². The predicted octanol–water partition coefficient (Wildman–Crippen LogP) is 5.72. The maximum Gasteiger partial charge on any atom is 0.332 e. The normalized spacial score (nSPS) is 20.7. The maximum atomic E-state index is 14.1. The first-order chi connectivity index (χ1) is 20.0. The van der Waals surface area contributed by atoms with E-state index in [1.807, 2.05) is 42.5 Å². The lowest BCUT2D eigenvalue weighted by molar-refractivity contribution is -0.120. The van der Waals surface area contributed by atoms with E-state index >= 15 is 0 Å². The molecule has 3 heterocycles. The maximum absolute atomic E-state index is 14.1. The van der Waals surface area contributed by atoms with Gasteiger partial charge in [-0.2, -0.15) is 0 Å². The van der Waals surface area contributed by atoms with Gasteiger partial charge in [-0.15, -0.1) is 0 Å². The lowest BCUT2D eigenvalue weighted by Crippen LogP contribution is -2.44. The Labute approximate surface area is 238 Å². The van der Waals surface area contributed by atoms with E-state index in [9.17, 15) is 14.4 Å². The van der Waals surface area contributed by atoms with Crippen molar-refractivity contribution >= 4 is 34.4 Å². The molecule has 0 radical (unpaired) electrons. The van der Waals surface area contributed by atoms with Gasteiger partial charge in [-0.25, -0.2) is 9.69 Å². The van der Waals surface area contributed by atoms with Gasteiger partial charge in [-0.3, -0.25) is 14.5 Å². The van der Waals surface area contributed by atoms with Crippen LogP contribution in [0.3, 0.4) is 0 Å². The zero-order chi connectivity index (χ0) is 28.1. The largest absolute Gasteiger partial charge is 0.497 e. The molecule has 4 amide bonds. The number of hydrogen-bond donors (Lipinski definition) is 2. The van der Waals surface area contributed by atoms with Gasteiger partial charge in [0.2, 0.25) is 0 Å². The number of carbonyl (C=O) groups excluding carboxylic acids is 3. The highest BCUT2D eigenvalue weighted by atomic mass is 16.5. The second-order valence-corrected chi connectivity index (χ2v) is 11.2. The number of aromatic nitrogens is 1. The molecule has 2 N–H and O–H groups in total. The number of nitrogens with one attached hydrogen (secondary N) is 2. The van der Waals surface area contributed by atoms with Crippen molar-refractivity contribution in [3.8, 4) is 5.75 Å². The van der Waals surface area contributed by atoms with Crippen molar-refractivity contribution in [3.63, 3.8) is 0 Å². The molecule has 3 aliphatic rings. The molecule has 8 nitrogen and oxygen atoms in total. The van der Waals surface area contributed by atoms with E-state index in [4.69, 9.17) is 4.74 Å². The Balaban J connectivity index is 1.23. The summed E-state index contributed by atoms with van der Waals surface area (Å²) in [7, 11) is 1.61. The van der Waals surface area contributed by atoms with E-state index in [-0.39, 0.29) is 23.9 Å². The molecule has 1 unspecified atom stereocenters. The number of H-pyrrole nitrogens is 1. The molecule has 2 fully saturated rings. The second kappa shape index (κ2) is 10.1. The van der Waals surface area contributed by atoms with Crippen LogP contribution in [-0.2, 0) is 11.2 Å². The number of fused-ring (bicyclic) bond motifs is 4. The summed E-state index contributed by atoms with van der Waals surface area (Å²) in [6, 6.07) is 21.1. The van der Waals surface area contributed by atoms with Gasteiger partial charge in [0.1, 0.15) is 17.8 Å². The molecule has 7 rings (SSSR count). The quantitative estimate of drug-likeness (QED) is 0.312. The summed E-state index contributed by atoms with van der Waals surface area (Å²) in [5, 5.41) is 4.19. The van der Waals surface area contributed by atoms with Crippen LogP contribution >= 0.6 is 0 Å². The number of methoxy groups -OCH3 is 1. The van der Waals surface area contributed by atoms with E-state index < -0.39 is 12.1 Å². The van der Waals surface area contributed by atoms with Gasteiger partial charge in [0.15, 0.2) is 0 Å². The Morgan fingerprint density at radius 2 is 1.73 bits per heavy atom. The highest BCUT2D eigenvalue weighted by Crippen LogP contribution is 2.45. The summed E-state index contributed by atoms with van der Waals surface area (Å²) in [6.45, 7) is 0. The molecule has 41 heavy (non-hydrogen) atoms. The van der Waals surface area contributed by atoms with Crippen molar-refractivity contribution in [1.82, 2.24) is 15.2 Å². The van der Waals surface area contributed by atoms with Gasteiger partial charge >= 0.3 is 6.03 Å². The molecule has 8 heteroatoms. The monoisotopic (exact) mass is 548 g/mol. The van der Waals surface area contributed by atoms with Gasteiger partial charge in [0.25, 0.3) is 11.8 Å². The Kier molecular flexibility index (Phi) is 6.26. The molecular formula is C33H32N4O4. The fourth-order valence-electron chi connectivity index (χ4n) is 6.75. The third-order valence-electron chi connectivity index (χ3n) is 8.79. The standard InChI is InChI=1S/C33H32N4O4/c1-41-24-11-7-8-21(18-24)30-29-26(25-12-5-6-13-27(25)35-29)19-28-32(39)36(33(40)37(28)30)23-16-14-20(15-17-23)31(38)34-22-9-3-2-4-10-22/h5-8,11-18,22,28,30,35H,2-4,9-10,19H2,1H3,(H,34,38)/t28-,30?/m0/s1. The van der Waals surface area contributed by atoms with Crippen molar-refractivity contribution in [2.24, 2.45) is 0 Å². The van der Waals surface area contributed by atoms with E-state index in [0.29, 0.717) is 23.4 Å². The number of benzene rings is 3. The average molecular weight is 549 g/mol. The molecule has 0 spiro atoms. The summed E-state index contributed by atoms with van der Waals surface area (Å²) in [5.74, 6) is 0.292. The number of nitrogens with zero attached hydrogens (tertiary/aromatic N) is 2. The Morgan fingerprint density at radius 1 is 0.951 bits per heavy atom. The Morgan fingerprint density at radius 3 is 2.51 bits per heavy atom. The second-order valence-electron chi connectivity index (χ2n) is 11.2. The first kappa shape index (κ1) is 25.4. The van der Waals surface area contributed by atoms with E-state index in [1.54, 1.807) is 36.3 Å². The lowest BCUT2D eigenvalue weighted by atomic mass is 9.89. The summed E-state index contributed by atoms with van der Waals surface area (Å²) in [6.07, 6.45) is 5.92. The van der Waals surface area contributed by atoms with Crippen molar-refractivity contribution in [1.29, 1.82) is 0 Å². The van der Waals surface area contributed by atoms with Crippen LogP contribution in [0.2, 0.25) is 0 Å². The van der Waals surface area contributed by atoms with Crippen molar-refractivity contribution in [2.75, 3.05) is 12.0 Å². The Bertz CT molecular complexity index is 1650. The Hall–Kier alpha value is -4.59. The van der Waals surface area contributed by atoms with Crippen LogP contribution in [0.25, 0.3) is 10.9 Å². The average Bonchev–Trinajstić information content (AvgIpc) is 3.50. The number of imide groups is 1. The number of para-hydroxylation sites is 1. The summed E-state index contributed by atoms with van der Waals surface area (Å²) in [4.78, 5) is 47.4. The minimum atomic E-state index is -0.653. The van der Waals surface area contributed by atoms with Crippen LogP contribution in [0.5, 0.6) is 5.75 Å². The lowest BCUT2D eigenvalue weighted by Gasteiger charge is -2.36. The fourth-order valence-corrected chi connectivity index (χ4v) is 6.75. The molecule has 1 saturated carbocycles. The molecule has 2 aliphatic heterocycles. The number of carbonyl (C=O) groups is 3. The van der Waals surface area contributed by atoms with E-state index in [1.165, 1.54) is 11.3 Å². The number of rotatable bonds is 5. The molecule has 1 saturated heterocycles. The molecule has 2 atom stereocenters. The molecule has 3 aromatic carbocycles. The fraction of sp³-hybridized carbons (Fsp3) is 0.303. The molecule has 1 aromatic heterocycles. The van der Waals surface area contributed by atoms with Crippen LogP contribution in [0.15, 0.2) is 72.8 Å². The van der Waals surface area contributed by atoms with E-state index in [0.717, 1.165) is 53.4 Å². The number of hydrogen-bond acceptors (Lipinski definition) is 4. The zero-order valence-corrected chi connectivity index (χ0v) is 22.9. The predicted molar refractivity (Wildman–Crippen MR) is 156 cm³/mol. The van der Waals surface area contributed by atoms with Gasteiger partial charge in [-0.05, 0) is 66.4 Å². The van der Waals surface area contributed by atoms with Crippen LogP contribution in [0, 0.1) is 0 Å². The first-order valence-corrected chi connectivity index (χ1v) is 14.3. The van der Waals surface area contributed by atoms with Crippen molar-refractivity contribution in [3.05, 3.63) is 95.2 Å². The highest BCUT2D eigenvalue weighted by Gasteiger charge is 2.53. The minimum absolute atomic E-state index is 0.122.